The summed E-state index contributed by atoms with van der Waals surface area (Å²) in [6.07, 6.45) is 1.07. The fraction of sp³-hybridized carbons (Fsp3) is 0.333. The second-order valence-corrected chi connectivity index (χ2v) is 8.50. The van der Waals surface area contributed by atoms with Crippen LogP contribution in [0.25, 0.3) is 0 Å². The van der Waals surface area contributed by atoms with E-state index in [0.29, 0.717) is 57.8 Å². The molecule has 0 fully saturated rings. The molecule has 2 atom stereocenters. The molecular weight excluding hydrogens is 437 g/mol. The van der Waals surface area contributed by atoms with Gasteiger partial charge in [0.25, 0.3) is 0 Å². The molecule has 2 aromatic rings. The summed E-state index contributed by atoms with van der Waals surface area (Å²) in [5.41, 5.74) is 2.99. The molecule has 0 saturated heterocycles. The average molecular weight is 460 g/mol. The van der Waals surface area contributed by atoms with E-state index in [2.05, 4.69) is 5.32 Å². The maximum Gasteiger partial charge on any atom is 0.225 e. The van der Waals surface area contributed by atoms with E-state index >= 15 is 0 Å². The van der Waals surface area contributed by atoms with Crippen molar-refractivity contribution in [2.24, 2.45) is 0 Å². The zero-order valence-electron chi connectivity index (χ0n) is 17.3. The summed E-state index contributed by atoms with van der Waals surface area (Å²) >= 11 is 12.6. The molecule has 1 aliphatic carbocycles. The van der Waals surface area contributed by atoms with Crippen molar-refractivity contribution >= 4 is 34.9 Å². The van der Waals surface area contributed by atoms with Gasteiger partial charge in [-0.3, -0.25) is 9.59 Å². The summed E-state index contributed by atoms with van der Waals surface area (Å²) in [6, 6.07) is 11.0. The van der Waals surface area contributed by atoms with Crippen molar-refractivity contribution in [3.63, 3.8) is 0 Å². The van der Waals surface area contributed by atoms with Gasteiger partial charge in [0.15, 0.2) is 17.3 Å². The molecule has 0 bridgehead atoms. The number of amides is 1. The highest BCUT2D eigenvalue weighted by atomic mass is 35.5. The average Bonchev–Trinajstić information content (AvgIpc) is 2.75. The van der Waals surface area contributed by atoms with Crippen LogP contribution in [0, 0.1) is 0 Å². The number of allylic oxidation sites excluding steroid dienone is 2. The van der Waals surface area contributed by atoms with Gasteiger partial charge in [-0.2, -0.15) is 0 Å². The molecule has 31 heavy (non-hydrogen) atoms. The highest BCUT2D eigenvalue weighted by molar-refractivity contribution is 6.42. The molecule has 0 spiro atoms. The van der Waals surface area contributed by atoms with Crippen molar-refractivity contribution in [2.45, 2.75) is 38.0 Å². The Morgan fingerprint density at radius 3 is 2.61 bits per heavy atom. The first kappa shape index (κ1) is 21.7. The summed E-state index contributed by atoms with van der Waals surface area (Å²) in [6.45, 7) is 2.45. The lowest BCUT2D eigenvalue weighted by atomic mass is 9.73. The Morgan fingerprint density at radius 1 is 1.06 bits per heavy atom. The topological polar surface area (TPSA) is 64.6 Å². The van der Waals surface area contributed by atoms with Crippen LogP contribution >= 0.6 is 23.2 Å². The minimum Gasteiger partial charge on any atom is -0.493 e. The number of halogens is 2. The van der Waals surface area contributed by atoms with E-state index in [1.807, 2.05) is 31.2 Å². The normalized spacial score (nSPS) is 20.9. The maximum atomic E-state index is 13.3. The zero-order valence-corrected chi connectivity index (χ0v) is 18.8. The Hall–Kier alpha value is -2.50. The van der Waals surface area contributed by atoms with Crippen LogP contribution in [0.5, 0.6) is 11.5 Å². The number of ether oxygens (including phenoxy) is 2. The molecule has 1 heterocycles. The SMILES string of the molecule is CCOc1ccc(C2CC(=O)C3=C(C2)NC(=O)CC3c2cccc(Cl)c2Cl)cc1OC. The number of ketones is 1. The standard InChI is InChI=1S/C24H23Cl2NO4/c1-3-31-20-8-7-13(11-21(20)30-2)14-9-18-23(19(28)10-14)16(12-22(29)27-18)15-5-4-6-17(25)24(15)26/h4-8,11,14,16H,3,9-10,12H2,1-2H3,(H,27,29). The second kappa shape index (κ2) is 8.93. The van der Waals surface area contributed by atoms with Gasteiger partial charge in [0.2, 0.25) is 5.91 Å². The monoisotopic (exact) mass is 459 g/mol. The third-order valence-corrected chi connectivity index (χ3v) is 6.69. The van der Waals surface area contributed by atoms with Crippen LogP contribution in [-0.4, -0.2) is 25.4 Å². The second-order valence-electron chi connectivity index (χ2n) is 7.71. The van der Waals surface area contributed by atoms with E-state index in [1.165, 1.54) is 0 Å². The Kier molecular flexibility index (Phi) is 6.26. The molecule has 1 N–H and O–H groups in total. The van der Waals surface area contributed by atoms with Crippen molar-refractivity contribution < 1.29 is 19.1 Å². The highest BCUT2D eigenvalue weighted by Crippen LogP contribution is 2.45. The number of Topliss-reactive ketones (excluding diaryl/α,β-unsaturated/α-hetero) is 1. The molecule has 1 amide bonds. The molecule has 2 aromatic carbocycles. The van der Waals surface area contributed by atoms with Crippen molar-refractivity contribution in [3.8, 4) is 11.5 Å². The highest BCUT2D eigenvalue weighted by Gasteiger charge is 2.39. The lowest BCUT2D eigenvalue weighted by Crippen LogP contribution is -2.38. The van der Waals surface area contributed by atoms with Gasteiger partial charge in [-0.15, -0.1) is 0 Å². The van der Waals surface area contributed by atoms with E-state index in [4.69, 9.17) is 32.7 Å². The van der Waals surface area contributed by atoms with E-state index < -0.39 is 5.92 Å². The first-order valence-electron chi connectivity index (χ1n) is 10.2. The molecule has 0 aromatic heterocycles. The van der Waals surface area contributed by atoms with Gasteiger partial charge in [-0.05, 0) is 48.6 Å². The van der Waals surface area contributed by atoms with E-state index in [0.717, 1.165) is 5.56 Å². The summed E-state index contributed by atoms with van der Waals surface area (Å²) < 4.78 is 11.1. The molecule has 4 rings (SSSR count). The lowest BCUT2D eigenvalue weighted by Gasteiger charge is -2.35. The molecule has 1 aliphatic heterocycles. The van der Waals surface area contributed by atoms with Crippen LogP contribution in [-0.2, 0) is 9.59 Å². The molecule has 0 saturated carbocycles. The van der Waals surface area contributed by atoms with Crippen molar-refractivity contribution in [3.05, 3.63) is 68.8 Å². The Balaban J connectivity index is 1.70. The van der Waals surface area contributed by atoms with Gasteiger partial charge in [-0.25, -0.2) is 0 Å². The number of nitrogens with one attached hydrogen (secondary N) is 1. The number of carbonyl (C=O) groups excluding carboxylic acids is 2. The van der Waals surface area contributed by atoms with Crippen molar-refractivity contribution in [1.29, 1.82) is 0 Å². The van der Waals surface area contributed by atoms with E-state index in [-0.39, 0.29) is 24.0 Å². The number of benzene rings is 2. The quantitative estimate of drug-likeness (QED) is 0.649. The van der Waals surface area contributed by atoms with Gasteiger partial charge >= 0.3 is 0 Å². The van der Waals surface area contributed by atoms with Crippen LogP contribution in [0.2, 0.25) is 10.0 Å². The molecule has 2 unspecified atom stereocenters. The van der Waals surface area contributed by atoms with Crippen LogP contribution in [0.4, 0.5) is 0 Å². The van der Waals surface area contributed by atoms with E-state index in [9.17, 15) is 9.59 Å². The van der Waals surface area contributed by atoms with Crippen LogP contribution in [0.1, 0.15) is 49.1 Å². The number of hydrogen-bond acceptors (Lipinski definition) is 4. The number of rotatable bonds is 5. The molecule has 7 heteroatoms. The van der Waals surface area contributed by atoms with Gasteiger partial charge in [0.1, 0.15) is 0 Å². The lowest BCUT2D eigenvalue weighted by molar-refractivity contribution is -0.122. The largest absolute Gasteiger partial charge is 0.493 e. The third-order valence-electron chi connectivity index (χ3n) is 5.85. The molecule has 0 radical (unpaired) electrons. The fourth-order valence-electron chi connectivity index (χ4n) is 4.46. The molecule has 2 aliphatic rings. The summed E-state index contributed by atoms with van der Waals surface area (Å²) in [5.74, 6) is 0.723. The number of hydrogen-bond donors (Lipinski definition) is 1. The summed E-state index contributed by atoms with van der Waals surface area (Å²) in [7, 11) is 1.59. The first-order chi connectivity index (χ1) is 14.9. The summed E-state index contributed by atoms with van der Waals surface area (Å²) in [4.78, 5) is 25.8. The summed E-state index contributed by atoms with van der Waals surface area (Å²) in [5, 5.41) is 3.73. The Labute approximate surface area is 191 Å². The zero-order chi connectivity index (χ0) is 22.1. The predicted octanol–water partition coefficient (Wildman–Crippen LogP) is 5.41. The Morgan fingerprint density at radius 2 is 1.87 bits per heavy atom. The number of carbonyl (C=O) groups is 2. The van der Waals surface area contributed by atoms with Gasteiger partial charge in [0.05, 0.1) is 23.8 Å². The van der Waals surface area contributed by atoms with Crippen molar-refractivity contribution in [2.75, 3.05) is 13.7 Å². The van der Waals surface area contributed by atoms with Gasteiger partial charge in [-0.1, -0.05) is 41.4 Å². The Bertz CT molecular complexity index is 1080. The third kappa shape index (κ3) is 4.17. The first-order valence-corrected chi connectivity index (χ1v) is 11.0. The minimum absolute atomic E-state index is 0.0140. The van der Waals surface area contributed by atoms with Crippen LogP contribution in [0.15, 0.2) is 47.7 Å². The maximum absolute atomic E-state index is 13.3. The van der Waals surface area contributed by atoms with Gasteiger partial charge < -0.3 is 14.8 Å². The van der Waals surface area contributed by atoms with E-state index in [1.54, 1.807) is 19.2 Å². The van der Waals surface area contributed by atoms with Crippen LogP contribution < -0.4 is 14.8 Å². The van der Waals surface area contributed by atoms with Crippen molar-refractivity contribution in [1.82, 2.24) is 5.32 Å². The fourth-order valence-corrected chi connectivity index (χ4v) is 4.90. The van der Waals surface area contributed by atoms with Crippen LogP contribution in [0.3, 0.4) is 0 Å². The molecule has 5 nitrogen and oxygen atoms in total. The molecular formula is C24H23Cl2NO4. The predicted molar refractivity (Wildman–Crippen MR) is 120 cm³/mol. The minimum atomic E-state index is -0.390. The molecule has 162 valence electrons. The smallest absolute Gasteiger partial charge is 0.225 e. The number of methoxy groups -OCH3 is 1. The van der Waals surface area contributed by atoms with Gasteiger partial charge in [0, 0.05) is 30.0 Å².